The Bertz CT molecular complexity index is 691. The zero-order valence-corrected chi connectivity index (χ0v) is 13.2. The lowest BCUT2D eigenvalue weighted by molar-refractivity contribution is 0.0927. The SMILES string of the molecule is O=C(NCCNC(=O)c1ccccc1Br)c1cccc(F)c1. The molecule has 0 aliphatic carbocycles. The van der Waals surface area contributed by atoms with Gasteiger partial charge in [-0.1, -0.05) is 18.2 Å². The van der Waals surface area contributed by atoms with Crippen LogP contribution in [0.1, 0.15) is 20.7 Å². The number of carbonyl (C=O) groups excluding carboxylic acids is 2. The number of hydrogen-bond acceptors (Lipinski definition) is 2. The molecule has 4 nitrogen and oxygen atoms in total. The van der Waals surface area contributed by atoms with Crippen LogP contribution in [0.15, 0.2) is 53.0 Å². The highest BCUT2D eigenvalue weighted by atomic mass is 79.9. The largest absolute Gasteiger partial charge is 0.350 e. The van der Waals surface area contributed by atoms with Crippen LogP contribution in [0.2, 0.25) is 0 Å². The first-order valence-electron chi connectivity index (χ1n) is 6.64. The highest BCUT2D eigenvalue weighted by Gasteiger charge is 2.09. The number of rotatable bonds is 5. The van der Waals surface area contributed by atoms with Gasteiger partial charge in [-0.3, -0.25) is 9.59 Å². The van der Waals surface area contributed by atoms with E-state index in [0.29, 0.717) is 10.0 Å². The van der Waals surface area contributed by atoms with Crippen molar-refractivity contribution in [3.05, 3.63) is 69.9 Å². The van der Waals surface area contributed by atoms with Gasteiger partial charge in [0, 0.05) is 23.1 Å². The maximum atomic E-state index is 13.0. The number of hydrogen-bond donors (Lipinski definition) is 2. The molecule has 0 radical (unpaired) electrons. The molecule has 0 bridgehead atoms. The van der Waals surface area contributed by atoms with Gasteiger partial charge in [0.05, 0.1) is 5.56 Å². The molecule has 22 heavy (non-hydrogen) atoms. The smallest absolute Gasteiger partial charge is 0.252 e. The monoisotopic (exact) mass is 364 g/mol. The highest BCUT2D eigenvalue weighted by Crippen LogP contribution is 2.15. The van der Waals surface area contributed by atoms with Gasteiger partial charge < -0.3 is 10.6 Å². The normalized spacial score (nSPS) is 10.1. The molecular formula is C16H14BrFN2O2. The Hall–Kier alpha value is -2.21. The van der Waals surface area contributed by atoms with Crippen LogP contribution in [0.5, 0.6) is 0 Å². The van der Waals surface area contributed by atoms with Crippen LogP contribution in [0.25, 0.3) is 0 Å². The molecule has 2 aromatic rings. The fourth-order valence-corrected chi connectivity index (χ4v) is 2.29. The Morgan fingerprint density at radius 3 is 2.32 bits per heavy atom. The van der Waals surface area contributed by atoms with Crippen LogP contribution in [0.3, 0.4) is 0 Å². The Labute approximate surface area is 135 Å². The first-order valence-corrected chi connectivity index (χ1v) is 7.44. The summed E-state index contributed by atoms with van der Waals surface area (Å²) in [6.07, 6.45) is 0. The lowest BCUT2D eigenvalue weighted by Crippen LogP contribution is -2.34. The minimum absolute atomic E-state index is 0.229. The van der Waals surface area contributed by atoms with E-state index in [-0.39, 0.29) is 30.5 Å². The van der Waals surface area contributed by atoms with E-state index in [1.165, 1.54) is 18.2 Å². The molecular weight excluding hydrogens is 351 g/mol. The summed E-state index contributed by atoms with van der Waals surface area (Å²) in [4.78, 5) is 23.7. The van der Waals surface area contributed by atoms with Gasteiger partial charge in [-0.05, 0) is 46.3 Å². The van der Waals surface area contributed by atoms with E-state index in [4.69, 9.17) is 0 Å². The number of benzene rings is 2. The molecule has 0 heterocycles. The quantitative estimate of drug-likeness (QED) is 0.801. The molecule has 0 aliphatic heterocycles. The molecule has 0 unspecified atom stereocenters. The van der Waals surface area contributed by atoms with Crippen molar-refractivity contribution >= 4 is 27.7 Å². The summed E-state index contributed by atoms with van der Waals surface area (Å²) >= 11 is 3.30. The molecule has 0 atom stereocenters. The molecule has 0 aliphatic rings. The molecule has 2 amide bonds. The van der Waals surface area contributed by atoms with E-state index in [1.54, 1.807) is 18.2 Å². The average Bonchev–Trinajstić information content (AvgIpc) is 2.51. The summed E-state index contributed by atoms with van der Waals surface area (Å²) in [5.74, 6) is -1.07. The molecule has 2 rings (SSSR count). The third-order valence-electron chi connectivity index (χ3n) is 2.90. The van der Waals surface area contributed by atoms with Gasteiger partial charge >= 0.3 is 0 Å². The number of halogens is 2. The standard InChI is InChI=1S/C16H14BrFN2O2/c17-14-7-2-1-6-13(14)16(22)20-9-8-19-15(21)11-4-3-5-12(18)10-11/h1-7,10H,8-9H2,(H,19,21)(H,20,22). The minimum atomic E-state index is -0.463. The van der Waals surface area contributed by atoms with Gasteiger partial charge in [0.15, 0.2) is 0 Å². The van der Waals surface area contributed by atoms with Crippen LogP contribution in [-0.4, -0.2) is 24.9 Å². The Kier molecular flexibility index (Phi) is 5.66. The van der Waals surface area contributed by atoms with Crippen LogP contribution in [0.4, 0.5) is 4.39 Å². The molecule has 2 aromatic carbocycles. The first kappa shape index (κ1) is 16.2. The van der Waals surface area contributed by atoms with Gasteiger partial charge in [-0.15, -0.1) is 0 Å². The van der Waals surface area contributed by atoms with Crippen LogP contribution in [0, 0.1) is 5.82 Å². The Balaban J connectivity index is 1.79. The van der Waals surface area contributed by atoms with Crippen LogP contribution < -0.4 is 10.6 Å². The highest BCUT2D eigenvalue weighted by molar-refractivity contribution is 9.10. The second-order valence-corrected chi connectivity index (χ2v) is 5.36. The molecule has 6 heteroatoms. The van der Waals surface area contributed by atoms with Crippen LogP contribution >= 0.6 is 15.9 Å². The van der Waals surface area contributed by atoms with Crippen molar-refractivity contribution < 1.29 is 14.0 Å². The third kappa shape index (κ3) is 4.39. The van der Waals surface area contributed by atoms with Gasteiger partial charge in [0.2, 0.25) is 0 Å². The zero-order valence-electron chi connectivity index (χ0n) is 11.6. The summed E-state index contributed by atoms with van der Waals surface area (Å²) in [5, 5.41) is 5.32. The Morgan fingerprint density at radius 2 is 1.64 bits per heavy atom. The summed E-state index contributed by atoms with van der Waals surface area (Å²) in [6.45, 7) is 0.534. The summed E-state index contributed by atoms with van der Waals surface area (Å²) in [7, 11) is 0. The molecule has 0 fully saturated rings. The van der Waals surface area contributed by atoms with Crippen LogP contribution in [-0.2, 0) is 0 Å². The lowest BCUT2D eigenvalue weighted by Gasteiger charge is -2.08. The maximum absolute atomic E-state index is 13.0. The summed E-state index contributed by atoms with van der Waals surface area (Å²) in [5.41, 5.74) is 0.774. The predicted molar refractivity (Wildman–Crippen MR) is 85.2 cm³/mol. The topological polar surface area (TPSA) is 58.2 Å². The average molecular weight is 365 g/mol. The fraction of sp³-hybridized carbons (Fsp3) is 0.125. The Morgan fingerprint density at radius 1 is 0.955 bits per heavy atom. The van der Waals surface area contributed by atoms with Crippen molar-refractivity contribution in [3.63, 3.8) is 0 Å². The second kappa shape index (κ2) is 7.70. The van der Waals surface area contributed by atoms with E-state index >= 15 is 0 Å². The lowest BCUT2D eigenvalue weighted by atomic mass is 10.2. The van der Waals surface area contributed by atoms with Gasteiger partial charge in [-0.25, -0.2) is 4.39 Å². The van der Waals surface area contributed by atoms with Gasteiger partial charge in [0.1, 0.15) is 5.82 Å². The van der Waals surface area contributed by atoms with Crippen molar-refractivity contribution in [3.8, 4) is 0 Å². The first-order chi connectivity index (χ1) is 10.6. The zero-order chi connectivity index (χ0) is 15.9. The molecule has 2 N–H and O–H groups in total. The van der Waals surface area contributed by atoms with E-state index in [9.17, 15) is 14.0 Å². The predicted octanol–water partition coefficient (Wildman–Crippen LogP) is 2.75. The second-order valence-electron chi connectivity index (χ2n) is 4.50. The summed E-state index contributed by atoms with van der Waals surface area (Å²) < 4.78 is 13.7. The third-order valence-corrected chi connectivity index (χ3v) is 3.59. The maximum Gasteiger partial charge on any atom is 0.252 e. The van der Waals surface area contributed by atoms with Crippen molar-refractivity contribution in [2.75, 3.05) is 13.1 Å². The van der Waals surface area contributed by atoms with E-state index in [1.807, 2.05) is 6.07 Å². The molecule has 0 spiro atoms. The number of amides is 2. The van der Waals surface area contributed by atoms with E-state index in [2.05, 4.69) is 26.6 Å². The molecule has 114 valence electrons. The van der Waals surface area contributed by atoms with Crippen molar-refractivity contribution in [2.45, 2.75) is 0 Å². The summed E-state index contributed by atoms with van der Waals surface area (Å²) in [6, 6.07) is 12.5. The van der Waals surface area contributed by atoms with E-state index < -0.39 is 5.82 Å². The van der Waals surface area contributed by atoms with Gasteiger partial charge in [0.25, 0.3) is 11.8 Å². The van der Waals surface area contributed by atoms with Crippen molar-refractivity contribution in [1.82, 2.24) is 10.6 Å². The minimum Gasteiger partial charge on any atom is -0.350 e. The van der Waals surface area contributed by atoms with Crippen molar-refractivity contribution in [2.24, 2.45) is 0 Å². The fourth-order valence-electron chi connectivity index (χ4n) is 1.82. The van der Waals surface area contributed by atoms with Gasteiger partial charge in [-0.2, -0.15) is 0 Å². The number of nitrogens with one attached hydrogen (secondary N) is 2. The molecule has 0 aromatic heterocycles. The molecule has 0 saturated carbocycles. The molecule has 0 saturated heterocycles. The van der Waals surface area contributed by atoms with E-state index in [0.717, 1.165) is 6.07 Å². The van der Waals surface area contributed by atoms with Crippen molar-refractivity contribution in [1.29, 1.82) is 0 Å². The number of carbonyl (C=O) groups is 2.